The summed E-state index contributed by atoms with van der Waals surface area (Å²) in [5.41, 5.74) is 7.04. The van der Waals surface area contributed by atoms with Gasteiger partial charge >= 0.3 is 0 Å². The highest BCUT2D eigenvalue weighted by Gasteiger charge is 2.27. The molecule has 29 heavy (non-hydrogen) atoms. The lowest BCUT2D eigenvalue weighted by Gasteiger charge is -2.10. The van der Waals surface area contributed by atoms with Crippen LogP contribution in [-0.4, -0.2) is 46.5 Å². The minimum Gasteiger partial charge on any atom is -0.376 e. The Balaban J connectivity index is 1.34. The SMILES string of the molecule is C[C@@H](Sc1nnc(NC[C@@H]2CCCO2)s1)C(=O)Nc1sc2c(c1C(N)=O)CCC2. The van der Waals surface area contributed by atoms with Gasteiger partial charge in [0.2, 0.25) is 11.0 Å². The van der Waals surface area contributed by atoms with Crippen molar-refractivity contribution in [3.05, 3.63) is 16.0 Å². The van der Waals surface area contributed by atoms with E-state index in [1.54, 1.807) is 0 Å². The maximum Gasteiger partial charge on any atom is 0.251 e. The van der Waals surface area contributed by atoms with Crippen LogP contribution in [0, 0.1) is 0 Å². The van der Waals surface area contributed by atoms with E-state index in [-0.39, 0.29) is 17.3 Å². The zero-order valence-electron chi connectivity index (χ0n) is 16.0. The van der Waals surface area contributed by atoms with Crippen LogP contribution in [0.1, 0.15) is 47.0 Å². The van der Waals surface area contributed by atoms with Crippen LogP contribution in [0.25, 0.3) is 0 Å². The Morgan fingerprint density at radius 2 is 2.17 bits per heavy atom. The first-order chi connectivity index (χ1) is 14.0. The second-order valence-corrected chi connectivity index (χ2v) is 10.7. The lowest BCUT2D eigenvalue weighted by Crippen LogP contribution is -2.24. The van der Waals surface area contributed by atoms with Crippen LogP contribution in [0.4, 0.5) is 10.1 Å². The number of aryl methyl sites for hydroxylation is 1. The normalized spacial score (nSPS) is 19.1. The number of anilines is 2. The number of thiophene rings is 1. The summed E-state index contributed by atoms with van der Waals surface area (Å²) in [5.74, 6) is -0.660. The zero-order chi connectivity index (χ0) is 20.4. The van der Waals surface area contributed by atoms with Gasteiger partial charge in [0.15, 0.2) is 4.34 Å². The first-order valence-corrected chi connectivity index (χ1v) is 12.1. The fourth-order valence-corrected chi connectivity index (χ4v) is 6.71. The van der Waals surface area contributed by atoms with Gasteiger partial charge in [-0.15, -0.1) is 21.5 Å². The van der Waals surface area contributed by atoms with Crippen LogP contribution in [0.3, 0.4) is 0 Å². The van der Waals surface area contributed by atoms with Crippen molar-refractivity contribution in [2.24, 2.45) is 5.73 Å². The number of nitrogens with zero attached hydrogens (tertiary/aromatic N) is 2. The van der Waals surface area contributed by atoms with Crippen LogP contribution in [-0.2, 0) is 22.4 Å². The number of carbonyl (C=O) groups excluding carboxylic acids is 2. The fourth-order valence-electron chi connectivity index (χ4n) is 3.51. The fraction of sp³-hybridized carbons (Fsp3) is 0.556. The summed E-state index contributed by atoms with van der Waals surface area (Å²) in [5, 5.41) is 15.3. The van der Waals surface area contributed by atoms with Gasteiger partial charge in [0, 0.05) is 18.0 Å². The van der Waals surface area contributed by atoms with E-state index in [9.17, 15) is 9.59 Å². The number of amides is 2. The topological polar surface area (TPSA) is 119 Å². The number of thioether (sulfide) groups is 1. The van der Waals surface area contributed by atoms with Gasteiger partial charge < -0.3 is 21.1 Å². The maximum atomic E-state index is 12.7. The van der Waals surface area contributed by atoms with Crippen LogP contribution in [0.15, 0.2) is 4.34 Å². The Bertz CT molecular complexity index is 907. The zero-order valence-corrected chi connectivity index (χ0v) is 18.5. The highest BCUT2D eigenvalue weighted by molar-refractivity contribution is 8.02. The molecule has 2 amide bonds. The van der Waals surface area contributed by atoms with Gasteiger partial charge in [-0.25, -0.2) is 0 Å². The Labute approximate surface area is 181 Å². The van der Waals surface area contributed by atoms with E-state index in [2.05, 4.69) is 20.8 Å². The number of fused-ring (bicyclic) bond motifs is 1. The third kappa shape index (κ3) is 4.73. The molecule has 8 nitrogen and oxygen atoms in total. The first kappa shape index (κ1) is 20.6. The average molecular weight is 454 g/mol. The smallest absolute Gasteiger partial charge is 0.251 e. The monoisotopic (exact) mass is 453 g/mol. The minimum absolute atomic E-state index is 0.179. The van der Waals surface area contributed by atoms with E-state index < -0.39 is 5.91 Å². The molecular weight excluding hydrogens is 430 g/mol. The number of hydrogen-bond donors (Lipinski definition) is 3. The van der Waals surface area contributed by atoms with E-state index in [0.29, 0.717) is 21.4 Å². The summed E-state index contributed by atoms with van der Waals surface area (Å²) >= 11 is 4.23. The summed E-state index contributed by atoms with van der Waals surface area (Å²) in [4.78, 5) is 25.7. The summed E-state index contributed by atoms with van der Waals surface area (Å²) in [6, 6.07) is 0. The quantitative estimate of drug-likeness (QED) is 0.526. The molecule has 1 aliphatic carbocycles. The van der Waals surface area contributed by atoms with Crippen molar-refractivity contribution < 1.29 is 14.3 Å². The van der Waals surface area contributed by atoms with Gasteiger partial charge in [-0.05, 0) is 44.6 Å². The van der Waals surface area contributed by atoms with Crippen LogP contribution in [0.5, 0.6) is 0 Å². The van der Waals surface area contributed by atoms with E-state index in [0.717, 1.165) is 54.3 Å². The predicted octanol–water partition coefficient (Wildman–Crippen LogP) is 2.90. The van der Waals surface area contributed by atoms with Crippen molar-refractivity contribution in [1.82, 2.24) is 10.2 Å². The molecule has 1 aliphatic heterocycles. The molecule has 2 aromatic rings. The molecule has 156 valence electrons. The molecule has 2 aromatic heterocycles. The predicted molar refractivity (Wildman–Crippen MR) is 116 cm³/mol. The summed E-state index contributed by atoms with van der Waals surface area (Å²) in [7, 11) is 0. The second kappa shape index (κ2) is 8.99. The number of rotatable bonds is 8. The van der Waals surface area contributed by atoms with Crippen molar-refractivity contribution >= 4 is 56.4 Å². The molecule has 0 spiro atoms. The van der Waals surface area contributed by atoms with E-state index in [1.807, 2.05) is 6.92 Å². The molecule has 3 heterocycles. The highest BCUT2D eigenvalue weighted by atomic mass is 32.2. The molecule has 2 aliphatic rings. The summed E-state index contributed by atoms with van der Waals surface area (Å²) in [6.07, 6.45) is 5.20. The molecule has 0 bridgehead atoms. The summed E-state index contributed by atoms with van der Waals surface area (Å²) < 4.78 is 6.30. The minimum atomic E-state index is -0.480. The van der Waals surface area contributed by atoms with Gasteiger partial charge in [-0.2, -0.15) is 0 Å². The number of carbonyl (C=O) groups is 2. The molecular formula is C18H23N5O3S3. The number of nitrogens with two attached hydrogens (primary N) is 1. The van der Waals surface area contributed by atoms with Crippen LogP contribution < -0.4 is 16.4 Å². The number of ether oxygens (including phenoxy) is 1. The van der Waals surface area contributed by atoms with Crippen molar-refractivity contribution in [3.8, 4) is 0 Å². The molecule has 11 heteroatoms. The van der Waals surface area contributed by atoms with Gasteiger partial charge in [0.1, 0.15) is 5.00 Å². The maximum absolute atomic E-state index is 12.7. The molecule has 4 rings (SSSR count). The standard InChI is InChI=1S/C18H23N5O3S3/c1-9(27-18-23-22-17(29-18)20-8-10-4-3-7-26-10)15(25)21-16-13(14(19)24)11-5-2-6-12(11)28-16/h9-10H,2-8H2,1H3,(H2,19,24)(H,20,22)(H,21,25)/t9-,10+/m1/s1. The number of aromatic nitrogens is 2. The molecule has 1 fully saturated rings. The largest absolute Gasteiger partial charge is 0.376 e. The Hall–Kier alpha value is -1.69. The average Bonchev–Trinajstić information content (AvgIpc) is 3.44. The van der Waals surface area contributed by atoms with Crippen molar-refractivity contribution in [1.29, 1.82) is 0 Å². The van der Waals surface area contributed by atoms with Gasteiger partial charge in [0.25, 0.3) is 5.91 Å². The van der Waals surface area contributed by atoms with Crippen LogP contribution in [0.2, 0.25) is 0 Å². The number of hydrogen-bond acceptors (Lipinski definition) is 9. The Morgan fingerprint density at radius 1 is 1.31 bits per heavy atom. The second-order valence-electron chi connectivity index (χ2n) is 7.06. The highest BCUT2D eigenvalue weighted by Crippen LogP contribution is 2.39. The third-order valence-electron chi connectivity index (χ3n) is 4.96. The lowest BCUT2D eigenvalue weighted by atomic mass is 10.1. The molecule has 2 atom stereocenters. The van der Waals surface area contributed by atoms with Gasteiger partial charge in [-0.1, -0.05) is 23.1 Å². The third-order valence-corrected chi connectivity index (χ3v) is 8.24. The molecule has 4 N–H and O–H groups in total. The molecule has 1 saturated heterocycles. The van der Waals surface area contributed by atoms with E-state index in [1.165, 1.54) is 34.4 Å². The van der Waals surface area contributed by atoms with Crippen molar-refractivity contribution in [2.75, 3.05) is 23.8 Å². The Morgan fingerprint density at radius 3 is 2.93 bits per heavy atom. The van der Waals surface area contributed by atoms with Crippen LogP contribution >= 0.6 is 34.4 Å². The van der Waals surface area contributed by atoms with Gasteiger partial charge in [-0.3, -0.25) is 9.59 Å². The molecule has 0 aromatic carbocycles. The van der Waals surface area contributed by atoms with E-state index >= 15 is 0 Å². The first-order valence-electron chi connectivity index (χ1n) is 9.62. The van der Waals surface area contributed by atoms with E-state index in [4.69, 9.17) is 10.5 Å². The molecule has 0 radical (unpaired) electrons. The Kier molecular flexibility index (Phi) is 6.38. The molecule has 0 unspecified atom stereocenters. The lowest BCUT2D eigenvalue weighted by molar-refractivity contribution is -0.115. The number of nitrogens with one attached hydrogen (secondary N) is 2. The van der Waals surface area contributed by atoms with Crippen molar-refractivity contribution in [2.45, 2.75) is 54.7 Å². The summed E-state index contributed by atoms with van der Waals surface area (Å²) in [6.45, 7) is 3.35. The number of primary amides is 1. The molecule has 0 saturated carbocycles. The van der Waals surface area contributed by atoms with Gasteiger partial charge in [0.05, 0.1) is 16.9 Å². The van der Waals surface area contributed by atoms with Crippen molar-refractivity contribution in [3.63, 3.8) is 0 Å².